The lowest BCUT2D eigenvalue weighted by Gasteiger charge is -2.14. The number of hydrogen-bond acceptors (Lipinski definition) is 3. The summed E-state index contributed by atoms with van der Waals surface area (Å²) in [5.41, 5.74) is 6.52. The van der Waals surface area contributed by atoms with Gasteiger partial charge in [-0.15, -0.1) is 0 Å². The second-order valence-corrected chi connectivity index (χ2v) is 8.41. The van der Waals surface area contributed by atoms with Crippen LogP contribution in [0.25, 0.3) is 0 Å². The molecule has 0 aromatic heterocycles. The molecule has 1 rings (SSSR count). The number of benzene rings is 1. The summed E-state index contributed by atoms with van der Waals surface area (Å²) in [4.78, 5) is 4.55. The van der Waals surface area contributed by atoms with Crippen LogP contribution in [0.5, 0.6) is 0 Å². The molecule has 0 aliphatic rings. The smallest absolute Gasteiger partial charge is 0.242 e. The molecule has 3 N–H and O–H groups in total. The van der Waals surface area contributed by atoms with E-state index < -0.39 is 10.0 Å². The zero-order valence-electron chi connectivity index (χ0n) is 15.7. The molecular formula is C18H32N4O2S. The Hall–Kier alpha value is -1.60. The van der Waals surface area contributed by atoms with Crippen LogP contribution in [0.3, 0.4) is 0 Å². The number of unbranched alkanes of at least 4 members (excludes halogenated alkanes) is 5. The van der Waals surface area contributed by atoms with Gasteiger partial charge in [-0.3, -0.25) is 0 Å². The van der Waals surface area contributed by atoms with Crippen molar-refractivity contribution in [1.29, 1.82) is 0 Å². The van der Waals surface area contributed by atoms with E-state index >= 15 is 0 Å². The molecule has 0 atom stereocenters. The highest BCUT2D eigenvalue weighted by Crippen LogP contribution is 2.19. The van der Waals surface area contributed by atoms with E-state index in [1.54, 1.807) is 24.3 Å². The maximum Gasteiger partial charge on any atom is 0.242 e. The molecule has 6 nitrogen and oxygen atoms in total. The minimum absolute atomic E-state index is 0.235. The van der Waals surface area contributed by atoms with E-state index in [2.05, 4.69) is 17.2 Å². The third-order valence-electron chi connectivity index (χ3n) is 3.99. The lowest BCUT2D eigenvalue weighted by atomic mass is 10.1. The zero-order chi connectivity index (χ0) is 18.7. The highest BCUT2D eigenvalue weighted by Gasteiger charge is 2.20. The fourth-order valence-electron chi connectivity index (χ4n) is 2.43. The van der Waals surface area contributed by atoms with E-state index in [9.17, 15) is 8.42 Å². The lowest BCUT2D eigenvalue weighted by Crippen LogP contribution is -2.32. The molecule has 1 aromatic rings. The van der Waals surface area contributed by atoms with E-state index in [-0.39, 0.29) is 11.4 Å². The number of guanidine groups is 1. The van der Waals surface area contributed by atoms with Crippen molar-refractivity contribution in [2.24, 2.45) is 10.7 Å². The van der Waals surface area contributed by atoms with Crippen LogP contribution < -0.4 is 11.1 Å². The fraction of sp³-hybridized carbons (Fsp3) is 0.611. The van der Waals surface area contributed by atoms with E-state index in [0.717, 1.165) is 13.0 Å². The van der Waals surface area contributed by atoms with Crippen LogP contribution in [-0.2, 0) is 16.6 Å². The first-order valence-corrected chi connectivity index (χ1v) is 10.4. The first kappa shape index (κ1) is 21.4. The number of nitrogens with two attached hydrogens (primary N) is 1. The molecular weight excluding hydrogens is 336 g/mol. The van der Waals surface area contributed by atoms with E-state index in [1.807, 2.05) is 0 Å². The third kappa shape index (κ3) is 7.44. The van der Waals surface area contributed by atoms with Crippen molar-refractivity contribution in [3.63, 3.8) is 0 Å². The normalized spacial score (nSPS) is 12.6. The Bertz CT molecular complexity index is 642. The van der Waals surface area contributed by atoms with Gasteiger partial charge in [0.15, 0.2) is 5.96 Å². The number of sulfonamides is 1. The topological polar surface area (TPSA) is 87.8 Å². The Kier molecular flexibility index (Phi) is 9.52. The summed E-state index contributed by atoms with van der Waals surface area (Å²) in [5, 5.41) is 3.09. The van der Waals surface area contributed by atoms with E-state index in [1.165, 1.54) is 50.5 Å². The second-order valence-electron chi connectivity index (χ2n) is 6.29. The fourth-order valence-corrected chi connectivity index (χ4v) is 3.54. The van der Waals surface area contributed by atoms with Gasteiger partial charge in [-0.25, -0.2) is 17.7 Å². The van der Waals surface area contributed by atoms with Crippen molar-refractivity contribution in [2.75, 3.05) is 20.6 Å². The second kappa shape index (κ2) is 11.1. The summed E-state index contributed by atoms with van der Waals surface area (Å²) in [7, 11) is -0.445. The quantitative estimate of drug-likeness (QED) is 0.357. The maximum absolute atomic E-state index is 12.3. The molecule has 142 valence electrons. The van der Waals surface area contributed by atoms with Crippen molar-refractivity contribution < 1.29 is 8.42 Å². The summed E-state index contributed by atoms with van der Waals surface area (Å²) < 4.78 is 25.9. The Morgan fingerprint density at radius 3 is 2.44 bits per heavy atom. The van der Waals surface area contributed by atoms with Crippen LogP contribution in [0.1, 0.15) is 51.0 Å². The molecule has 0 aliphatic heterocycles. The Morgan fingerprint density at radius 2 is 1.76 bits per heavy atom. The van der Waals surface area contributed by atoms with Crippen molar-refractivity contribution >= 4 is 16.0 Å². The molecule has 0 bridgehead atoms. The van der Waals surface area contributed by atoms with Gasteiger partial charge in [-0.05, 0) is 18.1 Å². The van der Waals surface area contributed by atoms with Crippen molar-refractivity contribution in [2.45, 2.75) is 56.9 Å². The first-order chi connectivity index (χ1) is 11.9. The van der Waals surface area contributed by atoms with Crippen molar-refractivity contribution in [3.05, 3.63) is 29.8 Å². The van der Waals surface area contributed by atoms with Crippen LogP contribution in [0.4, 0.5) is 0 Å². The number of nitrogens with one attached hydrogen (secondary N) is 1. The van der Waals surface area contributed by atoms with Gasteiger partial charge in [0.05, 0.1) is 11.4 Å². The molecule has 0 amide bonds. The van der Waals surface area contributed by atoms with Gasteiger partial charge in [0, 0.05) is 20.6 Å². The predicted molar refractivity (Wildman–Crippen MR) is 104 cm³/mol. The monoisotopic (exact) mass is 368 g/mol. The van der Waals surface area contributed by atoms with E-state index in [4.69, 9.17) is 5.73 Å². The Labute approximate surface area is 152 Å². The predicted octanol–water partition coefficient (Wildman–Crippen LogP) is 2.70. The van der Waals surface area contributed by atoms with E-state index in [0.29, 0.717) is 11.5 Å². The zero-order valence-corrected chi connectivity index (χ0v) is 16.5. The number of rotatable bonds is 11. The molecule has 1 aromatic carbocycles. The Balaban J connectivity index is 2.53. The van der Waals surface area contributed by atoms with Crippen LogP contribution in [0.15, 0.2) is 34.2 Å². The van der Waals surface area contributed by atoms with Gasteiger partial charge in [-0.2, -0.15) is 0 Å². The van der Waals surface area contributed by atoms with Gasteiger partial charge in [0.2, 0.25) is 10.0 Å². The van der Waals surface area contributed by atoms with Gasteiger partial charge >= 0.3 is 0 Å². The molecule has 0 aliphatic carbocycles. The number of nitrogens with zero attached hydrogens (tertiary/aromatic N) is 2. The first-order valence-electron chi connectivity index (χ1n) is 8.93. The van der Waals surface area contributed by atoms with Crippen LogP contribution >= 0.6 is 0 Å². The highest BCUT2D eigenvalue weighted by molar-refractivity contribution is 7.89. The molecule has 0 unspecified atom stereocenters. The molecule has 25 heavy (non-hydrogen) atoms. The summed E-state index contributed by atoms with van der Waals surface area (Å²) in [6.45, 7) is 3.23. The van der Waals surface area contributed by atoms with Gasteiger partial charge in [0.1, 0.15) is 0 Å². The lowest BCUT2D eigenvalue weighted by molar-refractivity contribution is 0.519. The molecule has 0 fully saturated rings. The summed E-state index contributed by atoms with van der Waals surface area (Å²) in [5.74, 6) is 0.352. The molecule has 0 heterocycles. The SMILES string of the molecule is CCCCCCCCNC(N)=NCc1ccccc1S(=O)(=O)N(C)C. The minimum atomic E-state index is -3.48. The summed E-state index contributed by atoms with van der Waals surface area (Å²) in [6, 6.07) is 6.88. The minimum Gasteiger partial charge on any atom is -0.370 e. The Morgan fingerprint density at radius 1 is 1.12 bits per heavy atom. The summed E-state index contributed by atoms with van der Waals surface area (Å²) >= 11 is 0. The summed E-state index contributed by atoms with van der Waals surface area (Å²) in [6.07, 6.45) is 7.34. The number of hydrogen-bond donors (Lipinski definition) is 2. The number of aliphatic imine (C=N–C) groups is 1. The average Bonchev–Trinajstić information content (AvgIpc) is 2.59. The van der Waals surface area contributed by atoms with Gasteiger partial charge < -0.3 is 11.1 Å². The maximum atomic E-state index is 12.3. The van der Waals surface area contributed by atoms with Crippen molar-refractivity contribution in [1.82, 2.24) is 9.62 Å². The molecule has 0 radical (unpaired) electrons. The van der Waals surface area contributed by atoms with Crippen LogP contribution in [0, 0.1) is 0 Å². The average molecular weight is 369 g/mol. The van der Waals surface area contributed by atoms with Gasteiger partial charge in [-0.1, -0.05) is 57.2 Å². The van der Waals surface area contributed by atoms with Crippen molar-refractivity contribution in [3.8, 4) is 0 Å². The molecule has 0 spiro atoms. The molecule has 0 saturated heterocycles. The standard InChI is InChI=1S/C18H32N4O2S/c1-4-5-6-7-8-11-14-20-18(19)21-15-16-12-9-10-13-17(16)25(23,24)22(2)3/h9-10,12-13H,4-8,11,14-15H2,1-3H3,(H3,19,20,21). The van der Waals surface area contributed by atoms with Crippen LogP contribution in [-0.4, -0.2) is 39.3 Å². The largest absolute Gasteiger partial charge is 0.370 e. The van der Waals surface area contributed by atoms with Gasteiger partial charge in [0.25, 0.3) is 0 Å². The highest BCUT2D eigenvalue weighted by atomic mass is 32.2. The molecule has 7 heteroatoms. The van der Waals surface area contributed by atoms with Crippen LogP contribution in [0.2, 0.25) is 0 Å². The third-order valence-corrected chi connectivity index (χ3v) is 5.90. The molecule has 0 saturated carbocycles.